The largest absolute Gasteiger partial charge is 0.465 e. The van der Waals surface area contributed by atoms with E-state index in [4.69, 9.17) is 4.42 Å². The fourth-order valence-electron chi connectivity index (χ4n) is 4.00. The summed E-state index contributed by atoms with van der Waals surface area (Å²) in [6.07, 6.45) is 3.05. The first-order chi connectivity index (χ1) is 16.9. The number of aryl methyl sites for hydroxylation is 3. The summed E-state index contributed by atoms with van der Waals surface area (Å²) in [5.74, 6) is -0.330. The van der Waals surface area contributed by atoms with Crippen LogP contribution in [-0.4, -0.2) is 11.8 Å². The Labute approximate surface area is 205 Å². The molecule has 35 heavy (non-hydrogen) atoms. The van der Waals surface area contributed by atoms with Gasteiger partial charge in [0.1, 0.15) is 11.5 Å². The monoisotopic (exact) mass is 464 g/mol. The highest BCUT2D eigenvalue weighted by Crippen LogP contribution is 2.26. The standard InChI is InChI=1S/C30H28N2O3/c1-20-9-7-12-24(18-20)29(33)31-27(19-25-13-8-16-35-25)30(34)32-28(23-10-5-4-6-11-23)26-15-14-21(2)17-22(26)3/h4-19,28H,1-3H3,(H,31,33)(H,32,34)/b27-19-. The molecule has 0 saturated carbocycles. The van der Waals surface area contributed by atoms with Crippen molar-refractivity contribution in [2.45, 2.75) is 26.8 Å². The van der Waals surface area contributed by atoms with E-state index in [-0.39, 0.29) is 11.6 Å². The third-order valence-corrected chi connectivity index (χ3v) is 5.75. The Kier molecular flexibility index (Phi) is 7.27. The molecule has 0 aliphatic carbocycles. The first-order valence-corrected chi connectivity index (χ1v) is 11.5. The number of carbonyl (C=O) groups excluding carboxylic acids is 2. The molecule has 2 amide bonds. The first kappa shape index (κ1) is 23.8. The summed E-state index contributed by atoms with van der Waals surface area (Å²) in [7, 11) is 0. The number of nitrogens with one attached hydrogen (secondary N) is 2. The van der Waals surface area contributed by atoms with Crippen LogP contribution in [0.25, 0.3) is 6.08 Å². The van der Waals surface area contributed by atoms with E-state index in [1.165, 1.54) is 12.3 Å². The lowest BCUT2D eigenvalue weighted by atomic mass is 9.93. The Hall–Kier alpha value is -4.38. The lowest BCUT2D eigenvalue weighted by Crippen LogP contribution is -2.37. The normalized spacial score (nSPS) is 12.1. The molecule has 4 aromatic rings. The van der Waals surface area contributed by atoms with Gasteiger partial charge in [0.15, 0.2) is 0 Å². The number of hydrogen-bond acceptors (Lipinski definition) is 3. The number of furan rings is 1. The Morgan fingerprint density at radius 1 is 0.829 bits per heavy atom. The van der Waals surface area contributed by atoms with Gasteiger partial charge < -0.3 is 15.1 Å². The minimum atomic E-state index is -0.420. The zero-order valence-electron chi connectivity index (χ0n) is 20.0. The lowest BCUT2D eigenvalue weighted by Gasteiger charge is -2.23. The van der Waals surface area contributed by atoms with Crippen LogP contribution in [0.1, 0.15) is 50.0 Å². The van der Waals surface area contributed by atoms with Gasteiger partial charge in [0.05, 0.1) is 12.3 Å². The molecule has 2 N–H and O–H groups in total. The average molecular weight is 465 g/mol. The van der Waals surface area contributed by atoms with Crippen molar-refractivity contribution in [3.63, 3.8) is 0 Å². The summed E-state index contributed by atoms with van der Waals surface area (Å²) in [5.41, 5.74) is 5.66. The van der Waals surface area contributed by atoms with Crippen molar-refractivity contribution in [3.8, 4) is 0 Å². The Morgan fingerprint density at radius 3 is 2.29 bits per heavy atom. The summed E-state index contributed by atoms with van der Waals surface area (Å²) in [4.78, 5) is 26.6. The van der Waals surface area contributed by atoms with Gasteiger partial charge in [0.2, 0.25) is 0 Å². The molecule has 0 radical (unpaired) electrons. The van der Waals surface area contributed by atoms with Crippen LogP contribution in [0, 0.1) is 20.8 Å². The van der Waals surface area contributed by atoms with Gasteiger partial charge in [-0.25, -0.2) is 0 Å². The maximum absolute atomic E-state index is 13.6. The van der Waals surface area contributed by atoms with Crippen LogP contribution in [0.15, 0.2) is 101 Å². The van der Waals surface area contributed by atoms with Crippen LogP contribution in [0.5, 0.6) is 0 Å². The molecule has 4 rings (SSSR count). The fourth-order valence-corrected chi connectivity index (χ4v) is 4.00. The van der Waals surface area contributed by atoms with Gasteiger partial charge in [-0.3, -0.25) is 9.59 Å². The highest BCUT2D eigenvalue weighted by Gasteiger charge is 2.22. The number of benzene rings is 3. The molecule has 3 aromatic carbocycles. The molecule has 0 spiro atoms. The molecule has 1 heterocycles. The Bertz CT molecular complexity index is 1360. The van der Waals surface area contributed by atoms with E-state index < -0.39 is 11.9 Å². The van der Waals surface area contributed by atoms with Gasteiger partial charge in [-0.2, -0.15) is 0 Å². The predicted molar refractivity (Wildman–Crippen MR) is 138 cm³/mol. The molecule has 0 aliphatic rings. The van der Waals surface area contributed by atoms with Crippen molar-refractivity contribution in [3.05, 3.63) is 136 Å². The van der Waals surface area contributed by atoms with Gasteiger partial charge in [-0.1, -0.05) is 71.8 Å². The molecular formula is C30H28N2O3. The molecule has 176 valence electrons. The summed E-state index contributed by atoms with van der Waals surface area (Å²) in [6.45, 7) is 5.99. The molecule has 5 nitrogen and oxygen atoms in total. The van der Waals surface area contributed by atoms with Crippen molar-refractivity contribution in [1.82, 2.24) is 10.6 Å². The highest BCUT2D eigenvalue weighted by molar-refractivity contribution is 6.05. The van der Waals surface area contributed by atoms with E-state index in [1.54, 1.807) is 24.3 Å². The third kappa shape index (κ3) is 5.95. The Balaban J connectivity index is 1.68. The SMILES string of the molecule is Cc1cccc(C(=O)N/C(=C\c2ccco2)C(=O)NC(c2ccccc2)c2ccc(C)cc2C)c1. The quantitative estimate of drug-likeness (QED) is 0.336. The Morgan fingerprint density at radius 2 is 1.60 bits per heavy atom. The van der Waals surface area contributed by atoms with Crippen LogP contribution < -0.4 is 10.6 Å². The highest BCUT2D eigenvalue weighted by atomic mass is 16.3. The van der Waals surface area contributed by atoms with Crippen molar-refractivity contribution >= 4 is 17.9 Å². The van der Waals surface area contributed by atoms with Crippen molar-refractivity contribution < 1.29 is 14.0 Å². The number of amides is 2. The van der Waals surface area contributed by atoms with Crippen molar-refractivity contribution in [2.75, 3.05) is 0 Å². The smallest absolute Gasteiger partial charge is 0.268 e. The number of hydrogen-bond donors (Lipinski definition) is 2. The minimum Gasteiger partial charge on any atom is -0.465 e. The predicted octanol–water partition coefficient (Wildman–Crippen LogP) is 5.88. The van der Waals surface area contributed by atoms with Crippen molar-refractivity contribution in [2.24, 2.45) is 0 Å². The lowest BCUT2D eigenvalue weighted by molar-refractivity contribution is -0.118. The number of carbonyl (C=O) groups is 2. The van der Waals surface area contributed by atoms with Crippen LogP contribution in [-0.2, 0) is 4.79 Å². The molecule has 1 unspecified atom stereocenters. The molecule has 1 aromatic heterocycles. The van der Waals surface area contributed by atoms with Crippen LogP contribution in [0.4, 0.5) is 0 Å². The van der Waals surface area contributed by atoms with Crippen molar-refractivity contribution in [1.29, 1.82) is 0 Å². The minimum absolute atomic E-state index is 0.0946. The maximum atomic E-state index is 13.6. The van der Waals surface area contributed by atoms with Gasteiger partial charge >= 0.3 is 0 Å². The second-order valence-corrected chi connectivity index (χ2v) is 8.57. The second kappa shape index (κ2) is 10.7. The van der Waals surface area contributed by atoms with Gasteiger partial charge in [0.25, 0.3) is 11.8 Å². The zero-order valence-corrected chi connectivity index (χ0v) is 20.0. The van der Waals surface area contributed by atoms with E-state index in [9.17, 15) is 9.59 Å². The summed E-state index contributed by atoms with van der Waals surface area (Å²) < 4.78 is 5.42. The molecule has 0 aliphatic heterocycles. The first-order valence-electron chi connectivity index (χ1n) is 11.5. The van der Waals surface area contributed by atoms with E-state index in [2.05, 4.69) is 16.7 Å². The molecule has 0 fully saturated rings. The van der Waals surface area contributed by atoms with E-state index in [0.29, 0.717) is 11.3 Å². The second-order valence-electron chi connectivity index (χ2n) is 8.57. The zero-order chi connectivity index (χ0) is 24.8. The summed E-state index contributed by atoms with van der Waals surface area (Å²) in [6, 6.07) is 26.2. The van der Waals surface area contributed by atoms with Gasteiger partial charge in [-0.05, 0) is 61.7 Å². The molecule has 1 atom stereocenters. The fraction of sp³-hybridized carbons (Fsp3) is 0.133. The average Bonchev–Trinajstić information content (AvgIpc) is 3.36. The third-order valence-electron chi connectivity index (χ3n) is 5.75. The van der Waals surface area contributed by atoms with Gasteiger partial charge in [-0.15, -0.1) is 0 Å². The van der Waals surface area contributed by atoms with Crippen LogP contribution >= 0.6 is 0 Å². The van der Waals surface area contributed by atoms with E-state index in [0.717, 1.165) is 27.8 Å². The summed E-state index contributed by atoms with van der Waals surface area (Å²) in [5, 5.41) is 5.91. The maximum Gasteiger partial charge on any atom is 0.268 e. The van der Waals surface area contributed by atoms with E-state index >= 15 is 0 Å². The molecule has 5 heteroatoms. The molecule has 0 bridgehead atoms. The van der Waals surface area contributed by atoms with Crippen LogP contribution in [0.3, 0.4) is 0 Å². The molecular weight excluding hydrogens is 436 g/mol. The topological polar surface area (TPSA) is 71.3 Å². The van der Waals surface area contributed by atoms with Gasteiger partial charge in [0, 0.05) is 11.6 Å². The number of rotatable bonds is 7. The molecule has 0 saturated heterocycles. The van der Waals surface area contributed by atoms with Crippen LogP contribution in [0.2, 0.25) is 0 Å². The summed E-state index contributed by atoms with van der Waals surface area (Å²) >= 11 is 0. The van der Waals surface area contributed by atoms with E-state index in [1.807, 2.05) is 75.4 Å².